The number of aryl methyl sites for hydroxylation is 2. The fourth-order valence-electron chi connectivity index (χ4n) is 1.98. The Bertz CT molecular complexity index is 762. The van der Waals surface area contributed by atoms with Crippen LogP contribution in [0.2, 0.25) is 0 Å². The predicted octanol–water partition coefficient (Wildman–Crippen LogP) is 1.60. The Balaban J connectivity index is 2.29. The van der Waals surface area contributed by atoms with E-state index in [4.69, 9.17) is 18.0 Å². The molecule has 0 unspecified atom stereocenters. The zero-order valence-electron chi connectivity index (χ0n) is 11.7. The molecule has 0 spiro atoms. The molecule has 112 valence electrons. The summed E-state index contributed by atoms with van der Waals surface area (Å²) in [7, 11) is -3.58. The monoisotopic (exact) mass is 324 g/mol. The number of nitrogens with two attached hydrogens (primary N) is 1. The first-order valence-electron chi connectivity index (χ1n) is 6.20. The van der Waals surface area contributed by atoms with Gasteiger partial charge in [-0.2, -0.15) is 5.10 Å². The molecule has 0 aliphatic rings. The van der Waals surface area contributed by atoms with Crippen LogP contribution in [0.4, 0.5) is 5.69 Å². The third kappa shape index (κ3) is 3.59. The number of nitrogens with zero attached hydrogens (tertiary/aromatic N) is 1. The Labute approximate surface area is 128 Å². The molecule has 1 heterocycles. The highest BCUT2D eigenvalue weighted by atomic mass is 32.2. The number of hydrogen-bond acceptors (Lipinski definition) is 4. The second kappa shape index (κ2) is 5.82. The van der Waals surface area contributed by atoms with Crippen LogP contribution < -0.4 is 10.5 Å². The quantitative estimate of drug-likeness (QED) is 0.725. The van der Waals surface area contributed by atoms with Crippen molar-refractivity contribution in [3.8, 4) is 0 Å². The summed E-state index contributed by atoms with van der Waals surface area (Å²) >= 11 is 4.94. The molecule has 6 nitrogen and oxygen atoms in total. The molecule has 0 aliphatic heterocycles. The van der Waals surface area contributed by atoms with Gasteiger partial charge in [0.1, 0.15) is 4.99 Å². The van der Waals surface area contributed by atoms with E-state index in [0.29, 0.717) is 28.2 Å². The van der Waals surface area contributed by atoms with Crippen molar-refractivity contribution in [2.75, 3.05) is 4.72 Å². The fourth-order valence-corrected chi connectivity index (χ4v) is 3.53. The lowest BCUT2D eigenvalue weighted by atomic mass is 10.1. The van der Waals surface area contributed by atoms with Gasteiger partial charge < -0.3 is 5.73 Å². The number of aromatic amines is 1. The molecule has 2 aromatic rings. The maximum Gasteiger partial charge on any atom is 0.237 e. The summed E-state index contributed by atoms with van der Waals surface area (Å²) in [5.41, 5.74) is 8.49. The van der Waals surface area contributed by atoms with Gasteiger partial charge in [0.05, 0.1) is 22.8 Å². The number of aromatic nitrogens is 2. The van der Waals surface area contributed by atoms with Crippen molar-refractivity contribution in [3.05, 3.63) is 46.8 Å². The normalized spacial score (nSPS) is 11.3. The van der Waals surface area contributed by atoms with Crippen LogP contribution in [0.25, 0.3) is 0 Å². The molecule has 1 aromatic carbocycles. The molecule has 0 radical (unpaired) electrons. The van der Waals surface area contributed by atoms with Gasteiger partial charge >= 0.3 is 0 Å². The molecule has 2 rings (SSSR count). The number of nitrogens with one attached hydrogen (secondary N) is 2. The van der Waals surface area contributed by atoms with Gasteiger partial charge in [0.15, 0.2) is 0 Å². The molecule has 4 N–H and O–H groups in total. The van der Waals surface area contributed by atoms with Crippen molar-refractivity contribution in [2.24, 2.45) is 5.73 Å². The van der Waals surface area contributed by atoms with Gasteiger partial charge in [-0.3, -0.25) is 9.82 Å². The van der Waals surface area contributed by atoms with Crippen molar-refractivity contribution >= 4 is 32.9 Å². The highest BCUT2D eigenvalue weighted by molar-refractivity contribution is 7.92. The number of rotatable bonds is 5. The smallest absolute Gasteiger partial charge is 0.237 e. The zero-order valence-corrected chi connectivity index (χ0v) is 13.3. The van der Waals surface area contributed by atoms with Gasteiger partial charge in [-0.25, -0.2) is 8.42 Å². The summed E-state index contributed by atoms with van der Waals surface area (Å²) in [6.45, 7) is 3.48. The Kier molecular flexibility index (Phi) is 4.29. The van der Waals surface area contributed by atoms with Crippen molar-refractivity contribution < 1.29 is 8.42 Å². The van der Waals surface area contributed by atoms with Gasteiger partial charge in [-0.05, 0) is 19.4 Å². The van der Waals surface area contributed by atoms with Crippen molar-refractivity contribution in [1.29, 1.82) is 0 Å². The maximum atomic E-state index is 12.3. The summed E-state index contributed by atoms with van der Waals surface area (Å²) in [6.07, 6.45) is 0. The van der Waals surface area contributed by atoms with Crippen LogP contribution in [0, 0.1) is 13.8 Å². The standard InChI is InChI=1S/C13H16N4O2S2/c1-8-12(9(2)16-15-8)17-21(18,19)7-10-5-3-4-6-11(10)13(14)20/h3-6,17H,7H2,1-2H3,(H2,14,20)(H,15,16). The van der Waals surface area contributed by atoms with Crippen molar-refractivity contribution in [3.63, 3.8) is 0 Å². The molecule has 0 bridgehead atoms. The van der Waals surface area contributed by atoms with E-state index in [0.717, 1.165) is 0 Å². The minimum absolute atomic E-state index is 0.177. The minimum Gasteiger partial charge on any atom is -0.389 e. The van der Waals surface area contributed by atoms with Crippen LogP contribution in [0.5, 0.6) is 0 Å². The fraction of sp³-hybridized carbons (Fsp3) is 0.231. The largest absolute Gasteiger partial charge is 0.389 e. The van der Waals surface area contributed by atoms with Crippen LogP contribution >= 0.6 is 12.2 Å². The maximum absolute atomic E-state index is 12.3. The first kappa shape index (κ1) is 15.5. The topological polar surface area (TPSA) is 101 Å². The molecular weight excluding hydrogens is 308 g/mol. The molecule has 0 fully saturated rings. The number of H-pyrrole nitrogens is 1. The minimum atomic E-state index is -3.58. The number of anilines is 1. The van der Waals surface area contributed by atoms with E-state index in [1.54, 1.807) is 38.1 Å². The molecule has 0 atom stereocenters. The summed E-state index contributed by atoms with van der Waals surface area (Å²) in [6, 6.07) is 6.92. The Morgan fingerprint density at radius 2 is 2.05 bits per heavy atom. The Morgan fingerprint density at radius 1 is 1.38 bits per heavy atom. The summed E-state index contributed by atoms with van der Waals surface area (Å²) in [5.74, 6) is -0.204. The third-order valence-corrected chi connectivity index (χ3v) is 4.44. The van der Waals surface area contributed by atoms with Gasteiger partial charge in [-0.1, -0.05) is 36.5 Å². The van der Waals surface area contributed by atoms with E-state index in [9.17, 15) is 8.42 Å². The van der Waals surface area contributed by atoms with Crippen molar-refractivity contribution in [2.45, 2.75) is 19.6 Å². The van der Waals surface area contributed by atoms with E-state index < -0.39 is 10.0 Å². The molecule has 21 heavy (non-hydrogen) atoms. The van der Waals surface area contributed by atoms with Crippen LogP contribution in [0.15, 0.2) is 24.3 Å². The van der Waals surface area contributed by atoms with Crippen molar-refractivity contribution in [1.82, 2.24) is 10.2 Å². The Hall–Kier alpha value is -1.93. The summed E-state index contributed by atoms with van der Waals surface area (Å²) in [4.78, 5) is 0.177. The van der Waals surface area contributed by atoms with Gasteiger partial charge in [0.2, 0.25) is 10.0 Å². The van der Waals surface area contributed by atoms with E-state index in [-0.39, 0.29) is 10.7 Å². The van der Waals surface area contributed by atoms with E-state index in [1.807, 2.05) is 0 Å². The average Bonchev–Trinajstić information content (AvgIpc) is 2.70. The lowest BCUT2D eigenvalue weighted by Crippen LogP contribution is -2.19. The SMILES string of the molecule is Cc1n[nH]c(C)c1NS(=O)(=O)Cc1ccccc1C(N)=S. The number of thiocarbonyl (C=S) groups is 1. The predicted molar refractivity (Wildman–Crippen MR) is 86.6 cm³/mol. The average molecular weight is 324 g/mol. The highest BCUT2D eigenvalue weighted by Gasteiger charge is 2.18. The first-order chi connectivity index (χ1) is 9.80. The number of sulfonamides is 1. The number of benzene rings is 1. The molecule has 0 saturated carbocycles. The van der Waals surface area contributed by atoms with Gasteiger partial charge in [0, 0.05) is 5.56 Å². The lowest BCUT2D eigenvalue weighted by molar-refractivity contribution is 0.600. The van der Waals surface area contributed by atoms with Gasteiger partial charge in [0.25, 0.3) is 0 Å². The molecular formula is C13H16N4O2S2. The highest BCUT2D eigenvalue weighted by Crippen LogP contribution is 2.20. The van der Waals surface area contributed by atoms with Gasteiger partial charge in [-0.15, -0.1) is 0 Å². The van der Waals surface area contributed by atoms with E-state index in [2.05, 4.69) is 14.9 Å². The molecule has 0 aliphatic carbocycles. The van der Waals surface area contributed by atoms with Crippen LogP contribution in [-0.2, 0) is 15.8 Å². The number of hydrogen-bond donors (Lipinski definition) is 3. The second-order valence-electron chi connectivity index (χ2n) is 4.69. The molecule has 1 aromatic heterocycles. The summed E-state index contributed by atoms with van der Waals surface area (Å²) < 4.78 is 27.2. The van der Waals surface area contributed by atoms with Crippen LogP contribution in [-0.4, -0.2) is 23.6 Å². The molecule has 0 saturated heterocycles. The van der Waals surface area contributed by atoms with E-state index >= 15 is 0 Å². The zero-order chi connectivity index (χ0) is 15.6. The third-order valence-electron chi connectivity index (χ3n) is 3.01. The molecule has 8 heteroatoms. The molecule has 0 amide bonds. The first-order valence-corrected chi connectivity index (χ1v) is 8.26. The lowest BCUT2D eigenvalue weighted by Gasteiger charge is -2.11. The van der Waals surface area contributed by atoms with E-state index in [1.165, 1.54) is 0 Å². The summed E-state index contributed by atoms with van der Waals surface area (Å²) in [5, 5.41) is 6.70. The van der Waals surface area contributed by atoms with Crippen LogP contribution in [0.1, 0.15) is 22.5 Å². The van der Waals surface area contributed by atoms with Crippen LogP contribution in [0.3, 0.4) is 0 Å². The Morgan fingerprint density at radius 3 is 2.62 bits per heavy atom. The second-order valence-corrected chi connectivity index (χ2v) is 6.85.